The van der Waals surface area contributed by atoms with Crippen LogP contribution < -0.4 is 4.90 Å². The molecule has 3 nitrogen and oxygen atoms in total. The van der Waals surface area contributed by atoms with Crippen LogP contribution in [0.15, 0.2) is 97.1 Å². The lowest BCUT2D eigenvalue weighted by Crippen LogP contribution is -2.31. The molecule has 4 heteroatoms. The lowest BCUT2D eigenvalue weighted by atomic mass is 10.0. The second kappa shape index (κ2) is 9.62. The predicted molar refractivity (Wildman–Crippen MR) is 142 cm³/mol. The zero-order valence-electron chi connectivity index (χ0n) is 19.4. The molecule has 34 heavy (non-hydrogen) atoms. The summed E-state index contributed by atoms with van der Waals surface area (Å²) in [7, 11) is 0. The average Bonchev–Trinajstić information content (AvgIpc) is 3.33. The molecule has 0 saturated carbocycles. The van der Waals surface area contributed by atoms with Crippen LogP contribution in [0.1, 0.15) is 22.3 Å². The third-order valence-corrected chi connectivity index (χ3v) is 7.28. The van der Waals surface area contributed by atoms with Gasteiger partial charge in [-0.15, -0.1) is 0 Å². The number of aromatic nitrogens is 1. The van der Waals surface area contributed by atoms with Crippen molar-refractivity contribution in [2.45, 2.75) is 26.8 Å². The van der Waals surface area contributed by atoms with Crippen LogP contribution in [0.2, 0.25) is 0 Å². The first-order valence-electron chi connectivity index (χ1n) is 11.4. The Kier molecular flexibility index (Phi) is 6.24. The van der Waals surface area contributed by atoms with Crippen molar-refractivity contribution >= 4 is 32.6 Å². The summed E-state index contributed by atoms with van der Waals surface area (Å²) in [6.07, 6.45) is 0.329. The smallest absolute Gasteiger partial charge is 0.233 e. The van der Waals surface area contributed by atoms with Crippen molar-refractivity contribution in [1.82, 2.24) is 4.98 Å². The molecule has 168 valence electrons. The molecule has 1 heterocycles. The Balaban J connectivity index is 1.45. The molecule has 4 aromatic carbocycles. The van der Waals surface area contributed by atoms with Gasteiger partial charge in [0, 0.05) is 0 Å². The summed E-state index contributed by atoms with van der Waals surface area (Å²) >= 11 is 1.60. The largest absolute Gasteiger partial charge is 0.283 e. The van der Waals surface area contributed by atoms with Crippen LogP contribution in [0.5, 0.6) is 0 Å². The first kappa shape index (κ1) is 22.1. The molecule has 0 saturated heterocycles. The van der Waals surface area contributed by atoms with Crippen molar-refractivity contribution in [2.24, 2.45) is 0 Å². The predicted octanol–water partition coefficient (Wildman–Crippen LogP) is 7.36. The van der Waals surface area contributed by atoms with E-state index in [1.165, 1.54) is 11.1 Å². The number of anilines is 1. The summed E-state index contributed by atoms with van der Waals surface area (Å²) < 4.78 is 1.15. The molecule has 0 aliphatic carbocycles. The van der Waals surface area contributed by atoms with Crippen molar-refractivity contribution in [1.29, 1.82) is 0 Å². The normalized spacial score (nSPS) is 11.0. The van der Waals surface area contributed by atoms with E-state index in [9.17, 15) is 4.79 Å². The average molecular weight is 463 g/mol. The Morgan fingerprint density at radius 3 is 2.03 bits per heavy atom. The second-order valence-electron chi connectivity index (χ2n) is 8.58. The van der Waals surface area contributed by atoms with E-state index < -0.39 is 0 Å². The van der Waals surface area contributed by atoms with Gasteiger partial charge in [-0.1, -0.05) is 108 Å². The minimum atomic E-state index is 0.0469. The highest BCUT2D eigenvalue weighted by molar-refractivity contribution is 7.22. The topological polar surface area (TPSA) is 33.2 Å². The molecule has 5 rings (SSSR count). The molecule has 5 aromatic rings. The molecule has 0 aliphatic rings. The summed E-state index contributed by atoms with van der Waals surface area (Å²) in [4.78, 5) is 20.4. The summed E-state index contributed by atoms with van der Waals surface area (Å²) in [6, 6.07) is 32.9. The summed E-state index contributed by atoms with van der Waals surface area (Å²) in [5.41, 5.74) is 7.71. The first-order valence-corrected chi connectivity index (χ1v) is 12.3. The number of thiazole rings is 1. The Labute approximate surface area is 204 Å². The lowest BCUT2D eigenvalue weighted by Gasteiger charge is -2.20. The van der Waals surface area contributed by atoms with Crippen molar-refractivity contribution in [2.75, 3.05) is 4.90 Å². The van der Waals surface area contributed by atoms with Crippen molar-refractivity contribution in [3.05, 3.63) is 119 Å². The molecule has 1 aromatic heterocycles. The number of carbonyl (C=O) groups is 1. The molecule has 0 spiro atoms. The van der Waals surface area contributed by atoms with Crippen LogP contribution in [-0.4, -0.2) is 10.9 Å². The number of hydrogen-bond acceptors (Lipinski definition) is 3. The van der Waals surface area contributed by atoms with Crippen LogP contribution in [0, 0.1) is 13.8 Å². The lowest BCUT2D eigenvalue weighted by molar-refractivity contribution is -0.118. The van der Waals surface area contributed by atoms with Crippen LogP contribution in [0.4, 0.5) is 5.13 Å². The van der Waals surface area contributed by atoms with E-state index in [2.05, 4.69) is 62.4 Å². The summed E-state index contributed by atoms with van der Waals surface area (Å²) in [5.74, 6) is 0.0469. The van der Waals surface area contributed by atoms with E-state index >= 15 is 0 Å². The quantitative estimate of drug-likeness (QED) is 0.264. The highest BCUT2D eigenvalue weighted by Crippen LogP contribution is 2.34. The van der Waals surface area contributed by atoms with Crippen LogP contribution in [0.25, 0.3) is 21.3 Å². The standard InChI is InChI=1S/C30H26N2OS/c1-21-13-14-22(2)29-28(21)31-30(34-29)32(20-24-9-5-3-6-10-24)27(33)19-23-15-17-26(18-16-23)25-11-7-4-8-12-25/h3-18H,19-20H2,1-2H3. The first-order chi connectivity index (χ1) is 16.6. The molecule has 0 N–H and O–H groups in total. The molecule has 0 fully saturated rings. The molecule has 0 bridgehead atoms. The minimum Gasteiger partial charge on any atom is -0.283 e. The Morgan fingerprint density at radius 2 is 1.35 bits per heavy atom. The molecule has 0 atom stereocenters. The van der Waals surface area contributed by atoms with Gasteiger partial charge in [0.2, 0.25) is 5.91 Å². The molecular formula is C30H26N2OS. The van der Waals surface area contributed by atoms with E-state index in [0.29, 0.717) is 13.0 Å². The molecular weight excluding hydrogens is 436 g/mol. The van der Waals surface area contributed by atoms with Crippen molar-refractivity contribution in [3.63, 3.8) is 0 Å². The third-order valence-electron chi connectivity index (χ3n) is 6.06. The molecule has 0 aliphatic heterocycles. The highest BCUT2D eigenvalue weighted by Gasteiger charge is 2.21. The number of hydrogen-bond donors (Lipinski definition) is 0. The zero-order valence-corrected chi connectivity index (χ0v) is 20.2. The van der Waals surface area contributed by atoms with E-state index in [0.717, 1.165) is 37.6 Å². The van der Waals surface area contributed by atoms with Gasteiger partial charge in [-0.25, -0.2) is 4.98 Å². The van der Waals surface area contributed by atoms with Crippen LogP contribution in [-0.2, 0) is 17.8 Å². The second-order valence-corrected chi connectivity index (χ2v) is 9.56. The van der Waals surface area contributed by atoms with Crippen LogP contribution >= 0.6 is 11.3 Å². The van der Waals surface area contributed by atoms with Gasteiger partial charge >= 0.3 is 0 Å². The number of rotatable bonds is 6. The highest BCUT2D eigenvalue weighted by atomic mass is 32.1. The van der Waals surface area contributed by atoms with Gasteiger partial charge in [0.05, 0.1) is 23.2 Å². The number of carbonyl (C=O) groups excluding carboxylic acids is 1. The third kappa shape index (κ3) is 4.63. The maximum Gasteiger partial charge on any atom is 0.233 e. The van der Waals surface area contributed by atoms with Gasteiger partial charge in [-0.3, -0.25) is 9.69 Å². The zero-order chi connectivity index (χ0) is 23.5. The fraction of sp³-hybridized carbons (Fsp3) is 0.133. The van der Waals surface area contributed by atoms with Gasteiger partial charge in [-0.05, 0) is 47.2 Å². The Hall–Kier alpha value is -3.76. The van der Waals surface area contributed by atoms with E-state index in [1.807, 2.05) is 53.4 Å². The van der Waals surface area contributed by atoms with E-state index in [-0.39, 0.29) is 5.91 Å². The molecule has 1 amide bonds. The number of benzene rings is 4. The van der Waals surface area contributed by atoms with E-state index in [1.54, 1.807) is 11.3 Å². The number of fused-ring (bicyclic) bond motifs is 1. The Bertz CT molecular complexity index is 1380. The van der Waals surface area contributed by atoms with Gasteiger partial charge in [0.25, 0.3) is 0 Å². The summed E-state index contributed by atoms with van der Waals surface area (Å²) in [5, 5.41) is 0.752. The van der Waals surface area contributed by atoms with E-state index in [4.69, 9.17) is 4.98 Å². The van der Waals surface area contributed by atoms with Gasteiger partial charge in [-0.2, -0.15) is 0 Å². The van der Waals surface area contributed by atoms with Gasteiger partial charge in [0.15, 0.2) is 5.13 Å². The van der Waals surface area contributed by atoms with Crippen LogP contribution in [0.3, 0.4) is 0 Å². The maximum atomic E-state index is 13.6. The fourth-order valence-electron chi connectivity index (χ4n) is 4.11. The number of nitrogens with zero attached hydrogens (tertiary/aromatic N) is 2. The SMILES string of the molecule is Cc1ccc(C)c2sc(N(Cc3ccccc3)C(=O)Cc3ccc(-c4ccccc4)cc3)nc12. The van der Waals surface area contributed by atoms with Gasteiger partial charge < -0.3 is 0 Å². The molecule has 0 radical (unpaired) electrons. The number of aryl methyl sites for hydroxylation is 2. The Morgan fingerprint density at radius 1 is 0.735 bits per heavy atom. The summed E-state index contributed by atoms with van der Waals surface area (Å²) in [6.45, 7) is 4.67. The van der Waals surface area contributed by atoms with Gasteiger partial charge in [0.1, 0.15) is 0 Å². The van der Waals surface area contributed by atoms with Crippen molar-refractivity contribution < 1.29 is 4.79 Å². The maximum absolute atomic E-state index is 13.6. The molecule has 0 unspecified atom stereocenters. The van der Waals surface area contributed by atoms with Crippen molar-refractivity contribution in [3.8, 4) is 11.1 Å². The minimum absolute atomic E-state index is 0.0469. The fourth-order valence-corrected chi connectivity index (χ4v) is 5.24. The number of amides is 1. The monoisotopic (exact) mass is 462 g/mol.